The van der Waals surface area contributed by atoms with Gasteiger partial charge in [-0.05, 0) is 68.9 Å². The van der Waals surface area contributed by atoms with Crippen LogP contribution < -0.4 is 10.6 Å². The van der Waals surface area contributed by atoms with E-state index in [1.807, 2.05) is 6.07 Å². The van der Waals surface area contributed by atoms with Gasteiger partial charge in [-0.15, -0.1) is 0 Å². The van der Waals surface area contributed by atoms with Crippen LogP contribution in [0, 0.1) is 5.92 Å². The van der Waals surface area contributed by atoms with Gasteiger partial charge in [0.25, 0.3) is 5.91 Å². The lowest BCUT2D eigenvalue weighted by atomic mass is 9.85. The molecule has 2 aliphatic rings. The third-order valence-corrected chi connectivity index (χ3v) is 6.49. The fourth-order valence-electron chi connectivity index (χ4n) is 4.41. The van der Waals surface area contributed by atoms with E-state index in [2.05, 4.69) is 58.8 Å². The number of aromatic nitrogens is 1. The number of nitrogens with one attached hydrogen (secondary N) is 2. The Hall–Kier alpha value is -2.18. The molecule has 6 heteroatoms. The van der Waals surface area contributed by atoms with Crippen molar-refractivity contribution >= 4 is 5.91 Å². The van der Waals surface area contributed by atoms with E-state index in [0.29, 0.717) is 17.5 Å². The highest BCUT2D eigenvalue weighted by Gasteiger charge is 2.31. The minimum Gasteiger partial charge on any atom is -0.360 e. The highest BCUT2D eigenvalue weighted by molar-refractivity contribution is 5.92. The Bertz CT molecular complexity index is 835. The number of rotatable bonds is 9. The largest absolute Gasteiger partial charge is 0.360 e. The summed E-state index contributed by atoms with van der Waals surface area (Å²) in [7, 11) is 0. The zero-order chi connectivity index (χ0) is 20.9. The number of hydrogen-bond donors (Lipinski definition) is 2. The Morgan fingerprint density at radius 2 is 1.97 bits per heavy atom. The average Bonchev–Trinajstić information content (AvgIpc) is 3.52. The molecule has 2 fully saturated rings. The molecule has 2 aromatic rings. The number of hydrogen-bond acceptors (Lipinski definition) is 5. The van der Waals surface area contributed by atoms with Crippen LogP contribution in [0.1, 0.15) is 78.9 Å². The van der Waals surface area contributed by atoms with Crippen LogP contribution in [0.5, 0.6) is 0 Å². The molecule has 2 N–H and O–H groups in total. The number of amides is 1. The summed E-state index contributed by atoms with van der Waals surface area (Å²) >= 11 is 0. The Morgan fingerprint density at radius 3 is 2.67 bits per heavy atom. The first-order chi connectivity index (χ1) is 14.7. The molecule has 1 saturated heterocycles. The van der Waals surface area contributed by atoms with Crippen LogP contribution in [-0.4, -0.2) is 42.1 Å². The Morgan fingerprint density at radius 1 is 1.20 bits per heavy atom. The molecule has 6 nitrogen and oxygen atoms in total. The third-order valence-electron chi connectivity index (χ3n) is 6.49. The van der Waals surface area contributed by atoms with Crippen LogP contribution in [-0.2, 0) is 6.54 Å². The van der Waals surface area contributed by atoms with E-state index in [-0.39, 0.29) is 11.9 Å². The van der Waals surface area contributed by atoms with Gasteiger partial charge in [-0.3, -0.25) is 9.69 Å². The lowest BCUT2D eigenvalue weighted by Gasteiger charge is -2.32. The third kappa shape index (κ3) is 5.10. The van der Waals surface area contributed by atoms with Crippen LogP contribution in [0.25, 0.3) is 0 Å². The molecule has 1 aliphatic carbocycles. The summed E-state index contributed by atoms with van der Waals surface area (Å²) in [6, 6.07) is 10.5. The maximum atomic E-state index is 13.0. The van der Waals surface area contributed by atoms with Crippen LogP contribution in [0.15, 0.2) is 34.9 Å². The van der Waals surface area contributed by atoms with E-state index in [0.717, 1.165) is 64.2 Å². The predicted molar refractivity (Wildman–Crippen MR) is 117 cm³/mol. The number of carbonyl (C=O) groups is 1. The molecule has 1 atom stereocenters. The molecule has 1 unspecified atom stereocenters. The first-order valence-electron chi connectivity index (χ1n) is 11.5. The van der Waals surface area contributed by atoms with Crippen molar-refractivity contribution in [2.24, 2.45) is 5.92 Å². The molecule has 1 aliphatic heterocycles. The molecule has 0 spiro atoms. The van der Waals surface area contributed by atoms with Crippen molar-refractivity contribution in [2.45, 2.75) is 58.0 Å². The summed E-state index contributed by atoms with van der Waals surface area (Å²) in [5, 5.41) is 10.8. The summed E-state index contributed by atoms with van der Waals surface area (Å²) in [6.07, 6.45) is 4.37. The second-order valence-corrected chi connectivity index (χ2v) is 8.63. The van der Waals surface area contributed by atoms with Crippen LogP contribution in [0.2, 0.25) is 0 Å². The standard InChI is InChI=1S/C24H34N4O2/c1-3-28(4-2)16-17-6-5-7-20(14-17)23(19-10-12-25-13-11-19)26-24(29)21-15-22(30-27-21)18-8-9-18/h5-7,14-15,18-19,23,25H,3-4,8-13,16H2,1-2H3,(H,26,29). The topological polar surface area (TPSA) is 70.4 Å². The zero-order valence-corrected chi connectivity index (χ0v) is 18.2. The van der Waals surface area contributed by atoms with Gasteiger partial charge in [0.05, 0.1) is 6.04 Å². The number of piperidine rings is 1. The summed E-state index contributed by atoms with van der Waals surface area (Å²) < 4.78 is 5.40. The Labute approximate surface area is 179 Å². The first kappa shape index (κ1) is 21.1. The summed E-state index contributed by atoms with van der Waals surface area (Å²) in [4.78, 5) is 15.4. The molecule has 0 radical (unpaired) electrons. The van der Waals surface area contributed by atoms with E-state index in [9.17, 15) is 4.79 Å². The number of nitrogens with zero attached hydrogens (tertiary/aromatic N) is 2. The molecule has 162 valence electrons. The molecule has 1 saturated carbocycles. The smallest absolute Gasteiger partial charge is 0.273 e. The maximum Gasteiger partial charge on any atom is 0.273 e. The van der Waals surface area contributed by atoms with Gasteiger partial charge in [0.1, 0.15) is 5.76 Å². The molecular formula is C24H34N4O2. The van der Waals surface area contributed by atoms with E-state index in [4.69, 9.17) is 4.52 Å². The van der Waals surface area contributed by atoms with Crippen molar-refractivity contribution in [3.63, 3.8) is 0 Å². The van der Waals surface area contributed by atoms with E-state index in [1.54, 1.807) is 0 Å². The molecule has 0 bridgehead atoms. The number of carbonyl (C=O) groups excluding carboxylic acids is 1. The normalized spacial score (nSPS) is 18.5. The van der Waals surface area contributed by atoms with Gasteiger partial charge in [-0.1, -0.05) is 43.3 Å². The highest BCUT2D eigenvalue weighted by atomic mass is 16.5. The fraction of sp³-hybridized carbons (Fsp3) is 0.583. The van der Waals surface area contributed by atoms with Crippen LogP contribution in [0.4, 0.5) is 0 Å². The molecular weight excluding hydrogens is 376 g/mol. The summed E-state index contributed by atoms with van der Waals surface area (Å²) in [5.74, 6) is 1.58. The second-order valence-electron chi connectivity index (χ2n) is 8.63. The molecule has 4 rings (SSSR count). The lowest BCUT2D eigenvalue weighted by molar-refractivity contribution is 0.0904. The summed E-state index contributed by atoms with van der Waals surface area (Å²) in [6.45, 7) is 9.37. The SMILES string of the molecule is CCN(CC)Cc1cccc(C(NC(=O)c2cc(C3CC3)on2)C2CCNCC2)c1. The van der Waals surface area contributed by atoms with Crippen molar-refractivity contribution in [1.29, 1.82) is 0 Å². The Kier molecular flexibility index (Phi) is 6.85. The highest BCUT2D eigenvalue weighted by Crippen LogP contribution is 2.40. The molecule has 1 amide bonds. The van der Waals surface area contributed by atoms with Crippen molar-refractivity contribution in [3.05, 3.63) is 52.9 Å². The van der Waals surface area contributed by atoms with Crippen molar-refractivity contribution in [1.82, 2.24) is 20.7 Å². The minimum atomic E-state index is -0.136. The van der Waals surface area contributed by atoms with Gasteiger partial charge in [0.2, 0.25) is 0 Å². The maximum absolute atomic E-state index is 13.0. The number of benzene rings is 1. The fourth-order valence-corrected chi connectivity index (χ4v) is 4.41. The van der Waals surface area contributed by atoms with Crippen LogP contribution in [0.3, 0.4) is 0 Å². The van der Waals surface area contributed by atoms with E-state index >= 15 is 0 Å². The minimum absolute atomic E-state index is 0.0164. The van der Waals surface area contributed by atoms with Gasteiger partial charge in [0, 0.05) is 18.5 Å². The second kappa shape index (κ2) is 9.75. The van der Waals surface area contributed by atoms with Crippen molar-refractivity contribution < 1.29 is 9.32 Å². The lowest BCUT2D eigenvalue weighted by Crippen LogP contribution is -2.39. The van der Waals surface area contributed by atoms with Gasteiger partial charge < -0.3 is 15.2 Å². The molecule has 1 aromatic heterocycles. The van der Waals surface area contributed by atoms with Crippen molar-refractivity contribution in [2.75, 3.05) is 26.2 Å². The molecule has 2 heterocycles. The van der Waals surface area contributed by atoms with Crippen molar-refractivity contribution in [3.8, 4) is 0 Å². The predicted octanol–water partition coefficient (Wildman–Crippen LogP) is 3.86. The first-order valence-corrected chi connectivity index (χ1v) is 11.5. The average molecular weight is 411 g/mol. The zero-order valence-electron chi connectivity index (χ0n) is 18.2. The van der Waals surface area contributed by atoms with Gasteiger partial charge >= 0.3 is 0 Å². The van der Waals surface area contributed by atoms with E-state index < -0.39 is 0 Å². The van der Waals surface area contributed by atoms with Gasteiger partial charge in [-0.25, -0.2) is 0 Å². The monoisotopic (exact) mass is 410 g/mol. The quantitative estimate of drug-likeness (QED) is 0.657. The molecule has 1 aromatic carbocycles. The summed E-state index contributed by atoms with van der Waals surface area (Å²) in [5.41, 5.74) is 2.88. The van der Waals surface area contributed by atoms with Crippen LogP contribution >= 0.6 is 0 Å². The Balaban J connectivity index is 1.54. The van der Waals surface area contributed by atoms with E-state index in [1.165, 1.54) is 11.1 Å². The van der Waals surface area contributed by atoms with Gasteiger partial charge in [-0.2, -0.15) is 0 Å². The molecule has 30 heavy (non-hydrogen) atoms. The van der Waals surface area contributed by atoms with Gasteiger partial charge in [0.15, 0.2) is 5.69 Å².